The van der Waals surface area contributed by atoms with Crippen LogP contribution in [0, 0.1) is 11.8 Å². The first kappa shape index (κ1) is 17.7. The van der Waals surface area contributed by atoms with E-state index in [1.165, 1.54) is 0 Å². The molecule has 1 amide bonds. The molecule has 0 aliphatic heterocycles. The second-order valence-corrected chi connectivity index (χ2v) is 5.76. The first-order valence-electron chi connectivity index (χ1n) is 7.65. The van der Waals surface area contributed by atoms with E-state index in [1.54, 1.807) is 7.11 Å². The molecule has 0 aliphatic carbocycles. The Morgan fingerprint density at radius 1 is 1.29 bits per heavy atom. The Balaban J connectivity index is 2.53. The Hall–Kier alpha value is -1.39. The number of methoxy groups -OCH3 is 1. The molecule has 1 aromatic carbocycles. The minimum absolute atomic E-state index is 0.0567. The topological polar surface area (TPSA) is 64.3 Å². The van der Waals surface area contributed by atoms with Crippen LogP contribution in [0.3, 0.4) is 0 Å². The molecule has 0 heterocycles. The number of ether oxygens (including phenoxy) is 1. The molecule has 1 aromatic rings. The number of hydrogen-bond donors (Lipinski definition) is 2. The standard InChI is InChI=1S/C17H28N2O2/c1-13(2)14(10-11-18)8-9-17(20)19-16-7-5-4-6-15(16)12-21-3/h4-7,13-14H,8-12,18H2,1-3H3,(H,19,20). The summed E-state index contributed by atoms with van der Waals surface area (Å²) >= 11 is 0. The molecule has 0 aromatic heterocycles. The van der Waals surface area contributed by atoms with Gasteiger partial charge in [0.1, 0.15) is 0 Å². The van der Waals surface area contributed by atoms with Gasteiger partial charge in [-0.15, -0.1) is 0 Å². The van der Waals surface area contributed by atoms with Gasteiger partial charge in [-0.1, -0.05) is 32.0 Å². The third-order valence-corrected chi connectivity index (χ3v) is 3.81. The summed E-state index contributed by atoms with van der Waals surface area (Å²) in [6, 6.07) is 7.73. The predicted octanol–water partition coefficient (Wildman–Crippen LogP) is 3.17. The van der Waals surface area contributed by atoms with Crippen molar-refractivity contribution in [2.24, 2.45) is 17.6 Å². The summed E-state index contributed by atoms with van der Waals surface area (Å²) in [5, 5.41) is 2.98. The van der Waals surface area contributed by atoms with Gasteiger partial charge >= 0.3 is 0 Å². The Morgan fingerprint density at radius 2 is 2.00 bits per heavy atom. The first-order chi connectivity index (χ1) is 10.1. The summed E-state index contributed by atoms with van der Waals surface area (Å²) in [4.78, 5) is 12.1. The lowest BCUT2D eigenvalue weighted by atomic mass is 9.88. The Kier molecular flexibility index (Phi) is 8.01. The van der Waals surface area contributed by atoms with Crippen LogP contribution < -0.4 is 11.1 Å². The molecule has 3 N–H and O–H groups in total. The van der Waals surface area contributed by atoms with E-state index in [9.17, 15) is 4.79 Å². The molecule has 0 saturated heterocycles. The van der Waals surface area contributed by atoms with Crippen molar-refractivity contribution in [3.05, 3.63) is 29.8 Å². The SMILES string of the molecule is COCc1ccccc1NC(=O)CCC(CCN)C(C)C. The molecule has 1 atom stereocenters. The zero-order valence-corrected chi connectivity index (χ0v) is 13.4. The highest BCUT2D eigenvalue weighted by atomic mass is 16.5. The van der Waals surface area contributed by atoms with Crippen LogP contribution in [0.25, 0.3) is 0 Å². The highest BCUT2D eigenvalue weighted by molar-refractivity contribution is 5.91. The number of carbonyl (C=O) groups excluding carboxylic acids is 1. The first-order valence-corrected chi connectivity index (χ1v) is 7.65. The number of anilines is 1. The largest absolute Gasteiger partial charge is 0.380 e. The van der Waals surface area contributed by atoms with Crippen molar-refractivity contribution in [3.63, 3.8) is 0 Å². The molecule has 0 radical (unpaired) electrons. The van der Waals surface area contributed by atoms with Crippen molar-refractivity contribution in [1.29, 1.82) is 0 Å². The molecule has 4 nitrogen and oxygen atoms in total. The van der Waals surface area contributed by atoms with Gasteiger partial charge in [-0.25, -0.2) is 0 Å². The van der Waals surface area contributed by atoms with E-state index in [4.69, 9.17) is 10.5 Å². The molecule has 0 bridgehead atoms. The molecule has 0 fully saturated rings. The maximum atomic E-state index is 12.1. The summed E-state index contributed by atoms with van der Waals surface area (Å²) in [6.45, 7) is 5.55. The van der Waals surface area contributed by atoms with Gasteiger partial charge in [0.2, 0.25) is 5.91 Å². The molecular weight excluding hydrogens is 264 g/mol. The third kappa shape index (κ3) is 6.27. The van der Waals surface area contributed by atoms with Crippen LogP contribution in [0.15, 0.2) is 24.3 Å². The van der Waals surface area contributed by atoms with Gasteiger partial charge in [0.25, 0.3) is 0 Å². The zero-order chi connectivity index (χ0) is 15.7. The lowest BCUT2D eigenvalue weighted by molar-refractivity contribution is -0.116. The number of rotatable bonds is 9. The summed E-state index contributed by atoms with van der Waals surface area (Å²) < 4.78 is 5.15. The van der Waals surface area contributed by atoms with Gasteiger partial charge in [0, 0.05) is 24.8 Å². The fraction of sp³-hybridized carbons (Fsp3) is 0.588. The van der Waals surface area contributed by atoms with Crippen LogP contribution in [0.4, 0.5) is 5.69 Å². The van der Waals surface area contributed by atoms with Crippen LogP contribution in [-0.4, -0.2) is 19.6 Å². The Morgan fingerprint density at radius 3 is 2.62 bits per heavy atom. The van der Waals surface area contributed by atoms with Crippen molar-refractivity contribution >= 4 is 11.6 Å². The Labute approximate surface area is 128 Å². The quantitative estimate of drug-likeness (QED) is 0.734. The minimum atomic E-state index is 0.0567. The number of carbonyl (C=O) groups is 1. The van der Waals surface area contributed by atoms with E-state index in [1.807, 2.05) is 24.3 Å². The van der Waals surface area contributed by atoms with Gasteiger partial charge in [-0.05, 0) is 37.3 Å². The molecule has 0 spiro atoms. The van der Waals surface area contributed by atoms with E-state index >= 15 is 0 Å². The number of hydrogen-bond acceptors (Lipinski definition) is 3. The molecule has 0 aliphatic rings. The minimum Gasteiger partial charge on any atom is -0.380 e. The number of amides is 1. The number of para-hydroxylation sites is 1. The maximum Gasteiger partial charge on any atom is 0.224 e. The molecule has 1 unspecified atom stereocenters. The van der Waals surface area contributed by atoms with Crippen molar-refractivity contribution in [3.8, 4) is 0 Å². The highest BCUT2D eigenvalue weighted by Gasteiger charge is 2.15. The van der Waals surface area contributed by atoms with Crippen LogP contribution in [0.2, 0.25) is 0 Å². The van der Waals surface area contributed by atoms with Crippen molar-refractivity contribution < 1.29 is 9.53 Å². The molecule has 4 heteroatoms. The highest BCUT2D eigenvalue weighted by Crippen LogP contribution is 2.21. The average Bonchev–Trinajstić information content (AvgIpc) is 2.45. The van der Waals surface area contributed by atoms with E-state index in [2.05, 4.69) is 19.2 Å². The predicted molar refractivity (Wildman–Crippen MR) is 87.0 cm³/mol. The monoisotopic (exact) mass is 292 g/mol. The lowest BCUT2D eigenvalue weighted by Crippen LogP contribution is -2.19. The zero-order valence-electron chi connectivity index (χ0n) is 13.4. The third-order valence-electron chi connectivity index (χ3n) is 3.81. The van der Waals surface area contributed by atoms with Gasteiger partial charge in [-0.2, -0.15) is 0 Å². The second-order valence-electron chi connectivity index (χ2n) is 5.76. The van der Waals surface area contributed by atoms with Crippen molar-refractivity contribution in [2.75, 3.05) is 19.0 Å². The fourth-order valence-electron chi connectivity index (χ4n) is 2.48. The van der Waals surface area contributed by atoms with E-state index in [-0.39, 0.29) is 5.91 Å². The summed E-state index contributed by atoms with van der Waals surface area (Å²) in [5.74, 6) is 1.12. The van der Waals surface area contributed by atoms with Crippen LogP contribution >= 0.6 is 0 Å². The molecule has 0 saturated carbocycles. The lowest BCUT2D eigenvalue weighted by Gasteiger charge is -2.20. The van der Waals surface area contributed by atoms with E-state index < -0.39 is 0 Å². The van der Waals surface area contributed by atoms with E-state index in [0.29, 0.717) is 31.4 Å². The Bertz CT molecular complexity index is 433. The van der Waals surface area contributed by atoms with Gasteiger partial charge in [0.05, 0.1) is 6.61 Å². The maximum absolute atomic E-state index is 12.1. The smallest absolute Gasteiger partial charge is 0.224 e. The second kappa shape index (κ2) is 9.53. The van der Waals surface area contributed by atoms with Gasteiger partial charge in [-0.3, -0.25) is 4.79 Å². The average molecular weight is 292 g/mol. The molecule has 21 heavy (non-hydrogen) atoms. The number of nitrogens with one attached hydrogen (secondary N) is 1. The summed E-state index contributed by atoms with van der Waals surface area (Å²) in [6.07, 6.45) is 2.39. The van der Waals surface area contributed by atoms with E-state index in [0.717, 1.165) is 24.1 Å². The molecule has 1 rings (SSSR count). The fourth-order valence-corrected chi connectivity index (χ4v) is 2.48. The van der Waals surface area contributed by atoms with Crippen molar-refractivity contribution in [1.82, 2.24) is 0 Å². The molecular formula is C17H28N2O2. The normalized spacial score (nSPS) is 12.4. The summed E-state index contributed by atoms with van der Waals surface area (Å²) in [7, 11) is 1.65. The molecule has 118 valence electrons. The van der Waals surface area contributed by atoms with Gasteiger partial charge < -0.3 is 15.8 Å². The van der Waals surface area contributed by atoms with Crippen LogP contribution in [-0.2, 0) is 16.1 Å². The van der Waals surface area contributed by atoms with Crippen molar-refractivity contribution in [2.45, 2.75) is 39.7 Å². The number of benzene rings is 1. The number of nitrogens with two attached hydrogens (primary N) is 1. The summed E-state index contributed by atoms with van der Waals surface area (Å²) in [5.41, 5.74) is 7.47. The van der Waals surface area contributed by atoms with Crippen LogP contribution in [0.5, 0.6) is 0 Å². The van der Waals surface area contributed by atoms with Crippen LogP contribution in [0.1, 0.15) is 38.7 Å². The van der Waals surface area contributed by atoms with Gasteiger partial charge in [0.15, 0.2) is 0 Å².